The molecule has 0 atom stereocenters. The fraction of sp³-hybridized carbons (Fsp3) is 0.538. The van der Waals surface area contributed by atoms with E-state index in [0.717, 1.165) is 37.6 Å². The van der Waals surface area contributed by atoms with E-state index in [2.05, 4.69) is 39.1 Å². The molecule has 1 fully saturated rings. The Morgan fingerprint density at radius 1 is 1.50 bits per heavy atom. The van der Waals surface area contributed by atoms with Crippen LogP contribution in [0.3, 0.4) is 0 Å². The van der Waals surface area contributed by atoms with E-state index >= 15 is 0 Å². The Morgan fingerprint density at radius 2 is 2.28 bits per heavy atom. The molecule has 0 saturated carbocycles. The van der Waals surface area contributed by atoms with Gasteiger partial charge in [-0.2, -0.15) is 0 Å². The van der Waals surface area contributed by atoms with Gasteiger partial charge in [-0.05, 0) is 25.9 Å². The highest BCUT2D eigenvalue weighted by atomic mass is 15.2. The highest BCUT2D eigenvalue weighted by molar-refractivity contribution is 5.48. The van der Waals surface area contributed by atoms with Crippen molar-refractivity contribution >= 4 is 11.6 Å². The first-order valence-electron chi connectivity index (χ1n) is 6.41. The van der Waals surface area contributed by atoms with E-state index in [0.29, 0.717) is 12.6 Å². The predicted molar refractivity (Wildman–Crippen MR) is 75.0 cm³/mol. The number of aromatic nitrogens is 2. The van der Waals surface area contributed by atoms with Gasteiger partial charge in [0.15, 0.2) is 0 Å². The second-order valence-electron chi connectivity index (χ2n) is 4.52. The average molecular weight is 247 g/mol. The molecule has 1 aliphatic rings. The fourth-order valence-corrected chi connectivity index (χ4v) is 2.19. The largest absolute Gasteiger partial charge is 0.366 e. The van der Waals surface area contributed by atoms with Crippen LogP contribution in [0.5, 0.6) is 0 Å². The Bertz CT molecular complexity index is 387. The normalized spacial score (nSPS) is 16.3. The maximum Gasteiger partial charge on any atom is 0.134 e. The summed E-state index contributed by atoms with van der Waals surface area (Å²) in [6.45, 7) is 6.57. The van der Waals surface area contributed by atoms with Gasteiger partial charge < -0.3 is 15.5 Å². The molecule has 2 heterocycles. The summed E-state index contributed by atoms with van der Waals surface area (Å²) < 4.78 is 0. The predicted octanol–water partition coefficient (Wildman–Crippen LogP) is 1.26. The zero-order valence-electron chi connectivity index (χ0n) is 10.9. The Balaban J connectivity index is 2.04. The summed E-state index contributed by atoms with van der Waals surface area (Å²) in [6, 6.07) is 2.55. The summed E-state index contributed by atoms with van der Waals surface area (Å²) in [5, 5.41) is 6.56. The molecule has 0 amide bonds. The summed E-state index contributed by atoms with van der Waals surface area (Å²) in [5.74, 6) is 1.82. The number of hydrogen-bond donors (Lipinski definition) is 2. The van der Waals surface area contributed by atoms with E-state index in [9.17, 15) is 0 Å². The first-order valence-corrected chi connectivity index (χ1v) is 6.41. The van der Waals surface area contributed by atoms with Crippen molar-refractivity contribution in [1.29, 1.82) is 0 Å². The third kappa shape index (κ3) is 3.20. The molecular weight excluding hydrogens is 226 g/mol. The minimum atomic E-state index is 0.563. The first kappa shape index (κ1) is 12.8. The topological polar surface area (TPSA) is 53.1 Å². The van der Waals surface area contributed by atoms with Crippen molar-refractivity contribution < 1.29 is 0 Å². The SMILES string of the molecule is C=CCNc1cc(N(C)C2CCNCC2)ncn1. The van der Waals surface area contributed by atoms with E-state index in [1.807, 2.05) is 12.1 Å². The Kier molecular flexibility index (Phi) is 4.52. The molecule has 1 saturated heterocycles. The molecule has 98 valence electrons. The number of nitrogens with zero attached hydrogens (tertiary/aromatic N) is 3. The lowest BCUT2D eigenvalue weighted by atomic mass is 10.1. The van der Waals surface area contributed by atoms with Crippen LogP contribution < -0.4 is 15.5 Å². The van der Waals surface area contributed by atoms with Gasteiger partial charge in [0.1, 0.15) is 18.0 Å². The number of hydrogen-bond acceptors (Lipinski definition) is 5. The van der Waals surface area contributed by atoms with E-state index < -0.39 is 0 Å². The van der Waals surface area contributed by atoms with Gasteiger partial charge in [-0.1, -0.05) is 6.08 Å². The van der Waals surface area contributed by atoms with Gasteiger partial charge >= 0.3 is 0 Å². The summed E-state index contributed by atoms with van der Waals surface area (Å²) >= 11 is 0. The van der Waals surface area contributed by atoms with Gasteiger partial charge in [0.05, 0.1) is 0 Å². The van der Waals surface area contributed by atoms with Gasteiger partial charge in [-0.15, -0.1) is 6.58 Å². The Morgan fingerprint density at radius 3 is 3.00 bits per heavy atom. The number of piperidine rings is 1. The van der Waals surface area contributed by atoms with Crippen molar-refractivity contribution in [3.63, 3.8) is 0 Å². The highest BCUT2D eigenvalue weighted by Gasteiger charge is 2.19. The molecule has 0 aliphatic carbocycles. The van der Waals surface area contributed by atoms with E-state index in [1.54, 1.807) is 6.33 Å². The molecule has 0 unspecified atom stereocenters. The Hall–Kier alpha value is -1.62. The third-order valence-corrected chi connectivity index (χ3v) is 3.30. The molecule has 0 spiro atoms. The minimum Gasteiger partial charge on any atom is -0.366 e. The summed E-state index contributed by atoms with van der Waals surface area (Å²) in [6.07, 6.45) is 5.75. The van der Waals surface area contributed by atoms with Gasteiger partial charge in [0, 0.05) is 25.7 Å². The van der Waals surface area contributed by atoms with Gasteiger partial charge in [-0.3, -0.25) is 0 Å². The van der Waals surface area contributed by atoms with Crippen LogP contribution in [0.1, 0.15) is 12.8 Å². The van der Waals surface area contributed by atoms with Gasteiger partial charge in [0.2, 0.25) is 0 Å². The lowest BCUT2D eigenvalue weighted by Gasteiger charge is -2.32. The zero-order valence-corrected chi connectivity index (χ0v) is 10.9. The van der Waals surface area contributed by atoms with Crippen molar-refractivity contribution in [2.24, 2.45) is 0 Å². The monoisotopic (exact) mass is 247 g/mol. The smallest absolute Gasteiger partial charge is 0.134 e. The van der Waals surface area contributed by atoms with Crippen LogP contribution in [-0.4, -0.2) is 42.7 Å². The van der Waals surface area contributed by atoms with Crippen LogP contribution in [0.15, 0.2) is 25.0 Å². The zero-order chi connectivity index (χ0) is 12.8. The van der Waals surface area contributed by atoms with Gasteiger partial charge in [-0.25, -0.2) is 9.97 Å². The van der Waals surface area contributed by atoms with E-state index in [4.69, 9.17) is 0 Å². The lowest BCUT2D eigenvalue weighted by molar-refractivity contribution is 0.441. The maximum atomic E-state index is 4.35. The quantitative estimate of drug-likeness (QED) is 0.767. The molecule has 0 aromatic carbocycles. The highest BCUT2D eigenvalue weighted by Crippen LogP contribution is 2.19. The summed E-state index contributed by atoms with van der Waals surface area (Å²) in [7, 11) is 2.11. The number of rotatable bonds is 5. The molecule has 1 aromatic rings. The van der Waals surface area contributed by atoms with Crippen molar-refractivity contribution in [3.05, 3.63) is 25.0 Å². The van der Waals surface area contributed by atoms with E-state index in [1.165, 1.54) is 0 Å². The van der Waals surface area contributed by atoms with Crippen molar-refractivity contribution in [1.82, 2.24) is 15.3 Å². The van der Waals surface area contributed by atoms with Crippen LogP contribution in [0.4, 0.5) is 11.6 Å². The fourth-order valence-electron chi connectivity index (χ4n) is 2.19. The lowest BCUT2D eigenvalue weighted by Crippen LogP contribution is -2.41. The van der Waals surface area contributed by atoms with Crippen LogP contribution in [-0.2, 0) is 0 Å². The van der Waals surface area contributed by atoms with Crippen LogP contribution in [0, 0.1) is 0 Å². The van der Waals surface area contributed by atoms with Gasteiger partial charge in [0.25, 0.3) is 0 Å². The van der Waals surface area contributed by atoms with Crippen LogP contribution in [0.25, 0.3) is 0 Å². The third-order valence-electron chi connectivity index (χ3n) is 3.30. The molecule has 0 bridgehead atoms. The first-order chi connectivity index (χ1) is 8.81. The molecule has 5 nitrogen and oxygen atoms in total. The molecule has 1 aliphatic heterocycles. The molecule has 0 radical (unpaired) electrons. The average Bonchev–Trinajstić information content (AvgIpc) is 2.45. The number of nitrogens with one attached hydrogen (secondary N) is 2. The van der Waals surface area contributed by atoms with Crippen molar-refractivity contribution in [3.8, 4) is 0 Å². The van der Waals surface area contributed by atoms with E-state index in [-0.39, 0.29) is 0 Å². The van der Waals surface area contributed by atoms with Crippen LogP contribution in [0.2, 0.25) is 0 Å². The van der Waals surface area contributed by atoms with Crippen molar-refractivity contribution in [2.45, 2.75) is 18.9 Å². The summed E-state index contributed by atoms with van der Waals surface area (Å²) in [5.41, 5.74) is 0. The summed E-state index contributed by atoms with van der Waals surface area (Å²) in [4.78, 5) is 10.8. The second-order valence-corrected chi connectivity index (χ2v) is 4.52. The molecule has 2 rings (SSSR count). The van der Waals surface area contributed by atoms with Crippen molar-refractivity contribution in [2.75, 3.05) is 36.9 Å². The minimum absolute atomic E-state index is 0.563. The number of anilines is 2. The maximum absolute atomic E-state index is 4.35. The Labute approximate surface area is 108 Å². The molecule has 5 heteroatoms. The standard InChI is InChI=1S/C13H21N5/c1-3-6-15-12-9-13(17-10-16-12)18(2)11-4-7-14-8-5-11/h3,9-11,14H,1,4-8H2,2H3,(H,15,16,17). The second kappa shape index (κ2) is 6.35. The molecule has 18 heavy (non-hydrogen) atoms. The molecular formula is C13H21N5. The van der Waals surface area contributed by atoms with Crippen LogP contribution >= 0.6 is 0 Å². The molecule has 2 N–H and O–H groups in total. The molecule has 1 aromatic heterocycles.